The van der Waals surface area contributed by atoms with Crippen molar-refractivity contribution in [2.24, 2.45) is 0 Å². The molecule has 0 radical (unpaired) electrons. The van der Waals surface area contributed by atoms with Gasteiger partial charge >= 0.3 is 0 Å². The van der Waals surface area contributed by atoms with Gasteiger partial charge in [-0.3, -0.25) is 4.79 Å². The molecule has 0 aliphatic heterocycles. The van der Waals surface area contributed by atoms with Crippen molar-refractivity contribution in [1.29, 1.82) is 0 Å². The minimum absolute atomic E-state index is 0.153. The van der Waals surface area contributed by atoms with E-state index in [2.05, 4.69) is 11.8 Å². The molecule has 0 amide bonds. The van der Waals surface area contributed by atoms with E-state index in [1.165, 1.54) is 0 Å². The molecule has 0 spiro atoms. The van der Waals surface area contributed by atoms with E-state index in [-0.39, 0.29) is 5.78 Å². The molecule has 0 fully saturated rings. The summed E-state index contributed by atoms with van der Waals surface area (Å²) in [5, 5.41) is 4.19. The highest BCUT2D eigenvalue weighted by molar-refractivity contribution is 6.16. The average molecular weight is 306 g/mol. The number of benzene rings is 4. The molecule has 0 unspecified atom stereocenters. The van der Waals surface area contributed by atoms with Gasteiger partial charge in [-0.05, 0) is 39.6 Å². The summed E-state index contributed by atoms with van der Waals surface area (Å²) < 4.78 is 0. The Kier molecular flexibility index (Phi) is 3.57. The molecule has 0 bridgehead atoms. The van der Waals surface area contributed by atoms with Gasteiger partial charge in [0.15, 0.2) is 0 Å². The predicted octanol–water partition coefficient (Wildman–Crippen LogP) is 5.23. The monoisotopic (exact) mass is 306 g/mol. The van der Waals surface area contributed by atoms with Crippen LogP contribution in [-0.2, 0) is 0 Å². The molecule has 0 saturated heterocycles. The maximum atomic E-state index is 12.6. The zero-order valence-electron chi connectivity index (χ0n) is 13.0. The maximum Gasteiger partial charge on any atom is 0.236 e. The van der Waals surface area contributed by atoms with Crippen molar-refractivity contribution < 1.29 is 4.79 Å². The van der Waals surface area contributed by atoms with Gasteiger partial charge in [0, 0.05) is 11.1 Å². The molecule has 0 heterocycles. The van der Waals surface area contributed by atoms with Gasteiger partial charge in [-0.2, -0.15) is 0 Å². The van der Waals surface area contributed by atoms with Crippen molar-refractivity contribution >= 4 is 27.3 Å². The quantitative estimate of drug-likeness (QED) is 0.348. The van der Waals surface area contributed by atoms with Crippen LogP contribution in [0.25, 0.3) is 21.5 Å². The smallest absolute Gasteiger partial charge is 0.236 e. The third kappa shape index (κ3) is 2.55. The van der Waals surface area contributed by atoms with Crippen LogP contribution < -0.4 is 0 Å². The van der Waals surface area contributed by atoms with Gasteiger partial charge < -0.3 is 0 Å². The maximum absolute atomic E-state index is 12.6. The first kappa shape index (κ1) is 14.2. The molecule has 0 saturated carbocycles. The summed E-state index contributed by atoms with van der Waals surface area (Å²) in [5.41, 5.74) is 1.53. The second-order valence-electron chi connectivity index (χ2n) is 5.63. The van der Waals surface area contributed by atoms with Crippen molar-refractivity contribution in [1.82, 2.24) is 0 Å². The highest BCUT2D eigenvalue weighted by Crippen LogP contribution is 2.20. The molecular weight excluding hydrogens is 292 g/mol. The molecule has 4 aromatic rings. The minimum Gasteiger partial charge on any atom is -0.279 e. The molecule has 24 heavy (non-hydrogen) atoms. The largest absolute Gasteiger partial charge is 0.279 e. The molecule has 0 aliphatic rings. The molecule has 0 atom stereocenters. The molecule has 0 aliphatic carbocycles. The summed E-state index contributed by atoms with van der Waals surface area (Å²) >= 11 is 0. The Hall–Kier alpha value is -3.37. The Bertz CT molecular complexity index is 1120. The van der Waals surface area contributed by atoms with Crippen LogP contribution in [-0.4, -0.2) is 5.78 Å². The van der Waals surface area contributed by atoms with Crippen molar-refractivity contribution in [3.63, 3.8) is 0 Å². The third-order valence-corrected chi connectivity index (χ3v) is 4.13. The highest BCUT2D eigenvalue weighted by Gasteiger charge is 2.07. The predicted molar refractivity (Wildman–Crippen MR) is 99.1 cm³/mol. The van der Waals surface area contributed by atoms with Gasteiger partial charge in [-0.15, -0.1) is 0 Å². The lowest BCUT2D eigenvalue weighted by atomic mass is 10.0. The van der Waals surface area contributed by atoms with Crippen LogP contribution >= 0.6 is 0 Å². The lowest BCUT2D eigenvalue weighted by molar-refractivity contribution is 0.105. The van der Waals surface area contributed by atoms with Crippen molar-refractivity contribution in [3.8, 4) is 11.8 Å². The molecule has 0 N–H and O–H groups in total. The van der Waals surface area contributed by atoms with E-state index >= 15 is 0 Å². The van der Waals surface area contributed by atoms with E-state index in [9.17, 15) is 4.79 Å². The van der Waals surface area contributed by atoms with Crippen LogP contribution in [0.15, 0.2) is 84.9 Å². The highest BCUT2D eigenvalue weighted by atomic mass is 16.1. The lowest BCUT2D eigenvalue weighted by Gasteiger charge is -2.02. The normalized spacial score (nSPS) is 10.3. The molecule has 4 aromatic carbocycles. The number of hydrogen-bond donors (Lipinski definition) is 0. The van der Waals surface area contributed by atoms with Gasteiger partial charge in [0.2, 0.25) is 5.78 Å². The fourth-order valence-corrected chi connectivity index (χ4v) is 2.95. The second-order valence-corrected chi connectivity index (χ2v) is 5.63. The average Bonchev–Trinajstić information content (AvgIpc) is 2.65. The van der Waals surface area contributed by atoms with Gasteiger partial charge in [-0.25, -0.2) is 0 Å². The molecule has 4 rings (SSSR count). The topological polar surface area (TPSA) is 17.1 Å². The van der Waals surface area contributed by atoms with E-state index in [1.54, 1.807) is 0 Å². The van der Waals surface area contributed by atoms with Crippen LogP contribution in [0.4, 0.5) is 0 Å². The van der Waals surface area contributed by atoms with Crippen LogP contribution in [0.3, 0.4) is 0 Å². The van der Waals surface area contributed by atoms with Crippen LogP contribution in [0, 0.1) is 11.8 Å². The first-order valence-electron chi connectivity index (χ1n) is 7.85. The standard InChI is InChI=1S/C23H14O/c24-23(22-14-6-11-18-8-2-4-13-21(18)22)16-15-19-10-5-9-17-7-1-3-12-20(17)19/h1-14H. The zero-order chi connectivity index (χ0) is 16.4. The molecule has 112 valence electrons. The number of carbonyl (C=O) groups excluding carboxylic acids is 1. The first-order chi connectivity index (χ1) is 11.8. The van der Waals surface area contributed by atoms with E-state index < -0.39 is 0 Å². The SMILES string of the molecule is O=C(C#Cc1cccc2ccccc12)c1cccc2ccccc12. The fourth-order valence-electron chi connectivity index (χ4n) is 2.95. The Labute approximate surface area is 140 Å². The molecule has 1 heteroatoms. The number of ketones is 1. The summed E-state index contributed by atoms with van der Waals surface area (Å²) in [7, 11) is 0. The van der Waals surface area contributed by atoms with E-state index in [0.717, 1.165) is 27.1 Å². The van der Waals surface area contributed by atoms with Gasteiger partial charge in [0.25, 0.3) is 0 Å². The Morgan fingerprint density at radius 1 is 0.625 bits per heavy atom. The van der Waals surface area contributed by atoms with Gasteiger partial charge in [0.05, 0.1) is 0 Å². The number of hydrogen-bond acceptors (Lipinski definition) is 1. The minimum atomic E-state index is -0.153. The van der Waals surface area contributed by atoms with Gasteiger partial charge in [0.1, 0.15) is 0 Å². The van der Waals surface area contributed by atoms with Crippen molar-refractivity contribution in [2.75, 3.05) is 0 Å². The van der Waals surface area contributed by atoms with Crippen molar-refractivity contribution in [3.05, 3.63) is 96.1 Å². The number of Topliss-reactive ketones (excluding diaryl/α,β-unsaturated/α-hetero) is 1. The molecular formula is C23H14O. The summed E-state index contributed by atoms with van der Waals surface area (Å²) in [6.07, 6.45) is 0. The van der Waals surface area contributed by atoms with E-state index in [0.29, 0.717) is 5.56 Å². The lowest BCUT2D eigenvalue weighted by Crippen LogP contribution is -1.96. The Morgan fingerprint density at radius 3 is 2.00 bits per heavy atom. The van der Waals surface area contributed by atoms with Crippen LogP contribution in [0.5, 0.6) is 0 Å². The molecule has 1 nitrogen and oxygen atoms in total. The third-order valence-electron chi connectivity index (χ3n) is 4.13. The van der Waals surface area contributed by atoms with Crippen LogP contribution in [0.2, 0.25) is 0 Å². The van der Waals surface area contributed by atoms with Crippen LogP contribution in [0.1, 0.15) is 15.9 Å². The number of carbonyl (C=O) groups is 1. The summed E-state index contributed by atoms with van der Waals surface area (Å²) in [6.45, 7) is 0. The Balaban J connectivity index is 1.78. The summed E-state index contributed by atoms with van der Waals surface area (Å²) in [6, 6.07) is 27.6. The molecule has 0 aromatic heterocycles. The zero-order valence-corrected chi connectivity index (χ0v) is 13.0. The second kappa shape index (κ2) is 6.02. The Morgan fingerprint density at radius 2 is 1.21 bits per heavy atom. The summed E-state index contributed by atoms with van der Waals surface area (Å²) in [5.74, 6) is 5.71. The first-order valence-corrected chi connectivity index (χ1v) is 7.85. The number of rotatable bonds is 1. The number of fused-ring (bicyclic) bond motifs is 2. The fraction of sp³-hybridized carbons (Fsp3) is 0. The summed E-state index contributed by atoms with van der Waals surface area (Å²) in [4.78, 5) is 12.6. The van der Waals surface area contributed by atoms with Crippen molar-refractivity contribution in [2.45, 2.75) is 0 Å². The van der Waals surface area contributed by atoms with Gasteiger partial charge in [-0.1, -0.05) is 78.7 Å². The van der Waals surface area contributed by atoms with E-state index in [4.69, 9.17) is 0 Å². The van der Waals surface area contributed by atoms with E-state index in [1.807, 2.05) is 84.9 Å².